The average molecular weight is 234 g/mol. The summed E-state index contributed by atoms with van der Waals surface area (Å²) in [5.74, 6) is 0.783. The summed E-state index contributed by atoms with van der Waals surface area (Å²) in [5, 5.41) is 3.63. The van der Waals surface area contributed by atoms with Gasteiger partial charge >= 0.3 is 0 Å². The van der Waals surface area contributed by atoms with E-state index in [9.17, 15) is 0 Å². The van der Waals surface area contributed by atoms with Gasteiger partial charge in [0.15, 0.2) is 0 Å². The molecule has 3 nitrogen and oxygen atoms in total. The van der Waals surface area contributed by atoms with E-state index in [0.29, 0.717) is 6.04 Å². The molecular formula is C14H22N2O. The summed E-state index contributed by atoms with van der Waals surface area (Å²) in [5.41, 5.74) is 2.43. The van der Waals surface area contributed by atoms with Gasteiger partial charge in [0, 0.05) is 21.2 Å². The Hall–Kier alpha value is -1.22. The zero-order chi connectivity index (χ0) is 12.3. The van der Waals surface area contributed by atoms with Crippen molar-refractivity contribution in [2.75, 3.05) is 38.0 Å². The minimum atomic E-state index is 0.445. The van der Waals surface area contributed by atoms with Gasteiger partial charge in [0.05, 0.1) is 24.0 Å². The molecule has 1 N–H and O–H groups in total. The zero-order valence-electron chi connectivity index (χ0n) is 10.9. The standard InChI is InChI=1S/C14H22N2O/c1-16(2)14-7-5-4-6-12(14)15-13(10-17-3)11-8-9-11/h4-7,11,13,15H,8-10H2,1-3H3. The van der Waals surface area contributed by atoms with Gasteiger partial charge in [0.2, 0.25) is 0 Å². The van der Waals surface area contributed by atoms with Gasteiger partial charge < -0.3 is 15.0 Å². The lowest BCUT2D eigenvalue weighted by Crippen LogP contribution is -2.28. The van der Waals surface area contributed by atoms with E-state index >= 15 is 0 Å². The van der Waals surface area contributed by atoms with Crippen molar-refractivity contribution in [3.8, 4) is 0 Å². The van der Waals surface area contributed by atoms with E-state index in [2.05, 4.69) is 48.6 Å². The molecular weight excluding hydrogens is 212 g/mol. The topological polar surface area (TPSA) is 24.5 Å². The van der Waals surface area contributed by atoms with Crippen LogP contribution in [0, 0.1) is 5.92 Å². The largest absolute Gasteiger partial charge is 0.383 e. The molecule has 0 amide bonds. The molecule has 1 aliphatic rings. The number of nitrogens with zero attached hydrogens (tertiary/aromatic N) is 1. The third-order valence-electron chi connectivity index (χ3n) is 3.26. The molecule has 3 heteroatoms. The van der Waals surface area contributed by atoms with Gasteiger partial charge in [-0.1, -0.05) is 12.1 Å². The summed E-state index contributed by atoms with van der Waals surface area (Å²) in [6, 6.07) is 8.87. The maximum atomic E-state index is 5.30. The Balaban J connectivity index is 2.10. The van der Waals surface area contributed by atoms with Crippen LogP contribution in [0.1, 0.15) is 12.8 Å². The molecule has 1 saturated carbocycles. The first-order chi connectivity index (χ1) is 8.22. The van der Waals surface area contributed by atoms with Crippen molar-refractivity contribution in [3.63, 3.8) is 0 Å². The summed E-state index contributed by atoms with van der Waals surface area (Å²) in [6.07, 6.45) is 2.65. The van der Waals surface area contributed by atoms with Crippen LogP contribution in [-0.4, -0.2) is 33.9 Å². The summed E-state index contributed by atoms with van der Waals surface area (Å²) < 4.78 is 5.30. The number of methoxy groups -OCH3 is 1. The first-order valence-corrected chi connectivity index (χ1v) is 6.24. The Morgan fingerprint density at radius 3 is 2.65 bits per heavy atom. The lowest BCUT2D eigenvalue weighted by atomic mass is 10.1. The van der Waals surface area contributed by atoms with Gasteiger partial charge in [-0.3, -0.25) is 0 Å². The quantitative estimate of drug-likeness (QED) is 0.819. The maximum Gasteiger partial charge on any atom is 0.0666 e. The Bertz CT molecular complexity index is 361. The Labute approximate surface area is 104 Å². The fourth-order valence-electron chi connectivity index (χ4n) is 2.16. The van der Waals surface area contributed by atoms with Gasteiger partial charge in [-0.05, 0) is 30.9 Å². The van der Waals surface area contributed by atoms with Crippen molar-refractivity contribution in [3.05, 3.63) is 24.3 Å². The van der Waals surface area contributed by atoms with Gasteiger partial charge in [-0.25, -0.2) is 0 Å². The predicted molar refractivity (Wildman–Crippen MR) is 72.8 cm³/mol. The molecule has 1 aromatic rings. The van der Waals surface area contributed by atoms with E-state index in [1.165, 1.54) is 24.2 Å². The molecule has 1 aliphatic carbocycles. The Kier molecular flexibility index (Phi) is 3.89. The second kappa shape index (κ2) is 5.41. The SMILES string of the molecule is COCC(Nc1ccccc1N(C)C)C1CC1. The maximum absolute atomic E-state index is 5.30. The first-order valence-electron chi connectivity index (χ1n) is 6.24. The van der Waals surface area contributed by atoms with Crippen LogP contribution in [0.5, 0.6) is 0 Å². The van der Waals surface area contributed by atoms with Crippen molar-refractivity contribution in [1.29, 1.82) is 0 Å². The van der Waals surface area contributed by atoms with Crippen LogP contribution in [0.15, 0.2) is 24.3 Å². The lowest BCUT2D eigenvalue weighted by molar-refractivity contribution is 0.179. The van der Waals surface area contributed by atoms with Gasteiger partial charge in [-0.15, -0.1) is 0 Å². The number of para-hydroxylation sites is 2. The smallest absolute Gasteiger partial charge is 0.0666 e. The van der Waals surface area contributed by atoms with Crippen molar-refractivity contribution in [1.82, 2.24) is 0 Å². The summed E-state index contributed by atoms with van der Waals surface area (Å²) >= 11 is 0. The molecule has 17 heavy (non-hydrogen) atoms. The second-order valence-electron chi connectivity index (χ2n) is 4.96. The monoisotopic (exact) mass is 234 g/mol. The van der Waals surface area contributed by atoms with Crippen molar-refractivity contribution in [2.24, 2.45) is 5.92 Å². The minimum absolute atomic E-state index is 0.445. The number of nitrogens with one attached hydrogen (secondary N) is 1. The summed E-state index contributed by atoms with van der Waals surface area (Å²) in [4.78, 5) is 2.14. The van der Waals surface area contributed by atoms with Crippen LogP contribution < -0.4 is 10.2 Å². The van der Waals surface area contributed by atoms with Crippen molar-refractivity contribution in [2.45, 2.75) is 18.9 Å². The van der Waals surface area contributed by atoms with Gasteiger partial charge in [0.1, 0.15) is 0 Å². The predicted octanol–water partition coefficient (Wildman–Crippen LogP) is 2.59. The van der Waals surface area contributed by atoms with E-state index in [1.807, 2.05) is 0 Å². The number of anilines is 2. The first kappa shape index (κ1) is 12.2. The van der Waals surface area contributed by atoms with Crippen LogP contribution in [0.4, 0.5) is 11.4 Å². The average Bonchev–Trinajstić information content (AvgIpc) is 3.13. The van der Waals surface area contributed by atoms with E-state index in [-0.39, 0.29) is 0 Å². The van der Waals surface area contributed by atoms with Crippen LogP contribution in [-0.2, 0) is 4.74 Å². The van der Waals surface area contributed by atoms with Crippen LogP contribution in [0.3, 0.4) is 0 Å². The fourth-order valence-corrected chi connectivity index (χ4v) is 2.16. The molecule has 0 bridgehead atoms. The molecule has 0 spiro atoms. The van der Waals surface area contributed by atoms with Crippen LogP contribution >= 0.6 is 0 Å². The molecule has 2 rings (SSSR count). The van der Waals surface area contributed by atoms with Crippen molar-refractivity contribution >= 4 is 11.4 Å². The van der Waals surface area contributed by atoms with Crippen LogP contribution in [0.25, 0.3) is 0 Å². The molecule has 94 valence electrons. The van der Waals surface area contributed by atoms with Crippen molar-refractivity contribution < 1.29 is 4.74 Å². The minimum Gasteiger partial charge on any atom is -0.383 e. The summed E-state index contributed by atoms with van der Waals surface area (Å²) in [7, 11) is 5.92. The zero-order valence-corrected chi connectivity index (χ0v) is 10.9. The number of hydrogen-bond acceptors (Lipinski definition) is 3. The molecule has 1 unspecified atom stereocenters. The normalized spacial score (nSPS) is 16.6. The highest BCUT2D eigenvalue weighted by atomic mass is 16.5. The highest BCUT2D eigenvalue weighted by molar-refractivity contribution is 5.69. The molecule has 0 aromatic heterocycles. The molecule has 1 fully saturated rings. The van der Waals surface area contributed by atoms with E-state index in [0.717, 1.165) is 12.5 Å². The third kappa shape index (κ3) is 3.13. The van der Waals surface area contributed by atoms with E-state index in [1.54, 1.807) is 7.11 Å². The van der Waals surface area contributed by atoms with Gasteiger partial charge in [-0.2, -0.15) is 0 Å². The molecule has 0 saturated heterocycles. The Morgan fingerprint density at radius 1 is 1.35 bits per heavy atom. The van der Waals surface area contributed by atoms with E-state index in [4.69, 9.17) is 4.74 Å². The number of benzene rings is 1. The second-order valence-corrected chi connectivity index (χ2v) is 4.96. The Morgan fingerprint density at radius 2 is 2.06 bits per heavy atom. The fraction of sp³-hybridized carbons (Fsp3) is 0.571. The summed E-state index contributed by atoms with van der Waals surface area (Å²) in [6.45, 7) is 0.784. The lowest BCUT2D eigenvalue weighted by Gasteiger charge is -2.23. The molecule has 0 heterocycles. The third-order valence-corrected chi connectivity index (χ3v) is 3.26. The highest BCUT2D eigenvalue weighted by Gasteiger charge is 2.31. The van der Waals surface area contributed by atoms with E-state index < -0.39 is 0 Å². The highest BCUT2D eigenvalue weighted by Crippen LogP contribution is 2.35. The molecule has 1 atom stereocenters. The molecule has 1 aromatic carbocycles. The van der Waals surface area contributed by atoms with Crippen LogP contribution in [0.2, 0.25) is 0 Å². The molecule has 0 aliphatic heterocycles. The number of rotatable bonds is 6. The molecule has 0 radical (unpaired) electrons. The number of hydrogen-bond donors (Lipinski definition) is 1. The number of ether oxygens (including phenoxy) is 1. The van der Waals surface area contributed by atoms with Gasteiger partial charge in [0.25, 0.3) is 0 Å².